The Morgan fingerprint density at radius 3 is 2.19 bits per heavy atom. The molecule has 3 N–H and O–H groups in total. The topological polar surface area (TPSA) is 62.0 Å². The van der Waals surface area contributed by atoms with Crippen molar-refractivity contribution < 1.29 is 9.84 Å². The van der Waals surface area contributed by atoms with Crippen molar-refractivity contribution in [2.24, 2.45) is 5.73 Å². The van der Waals surface area contributed by atoms with Gasteiger partial charge in [0, 0.05) is 45.8 Å². The van der Waals surface area contributed by atoms with Crippen LogP contribution in [0, 0.1) is 0 Å². The summed E-state index contributed by atoms with van der Waals surface area (Å²) in [7, 11) is 0. The molecule has 1 fully saturated rings. The molecule has 1 aromatic rings. The fourth-order valence-electron chi connectivity index (χ4n) is 2.57. The van der Waals surface area contributed by atoms with E-state index in [-0.39, 0.29) is 6.61 Å². The first-order chi connectivity index (χ1) is 10.3. The third-order valence-corrected chi connectivity index (χ3v) is 3.92. The van der Waals surface area contributed by atoms with Crippen LogP contribution in [0.3, 0.4) is 0 Å². The molecule has 1 aliphatic rings. The van der Waals surface area contributed by atoms with Crippen LogP contribution < -0.4 is 5.73 Å². The van der Waals surface area contributed by atoms with Gasteiger partial charge in [0.25, 0.3) is 0 Å². The number of benzene rings is 1. The number of ether oxygens (including phenoxy) is 1. The van der Waals surface area contributed by atoms with Gasteiger partial charge in [0.2, 0.25) is 0 Å². The zero-order valence-electron chi connectivity index (χ0n) is 12.7. The molecule has 0 aliphatic carbocycles. The fourth-order valence-corrected chi connectivity index (χ4v) is 2.57. The van der Waals surface area contributed by atoms with E-state index in [1.807, 2.05) is 0 Å². The van der Waals surface area contributed by atoms with E-state index in [9.17, 15) is 0 Å². The zero-order chi connectivity index (χ0) is 14.9. The first kappa shape index (κ1) is 16.4. The van der Waals surface area contributed by atoms with Crippen molar-refractivity contribution in [1.82, 2.24) is 9.80 Å². The summed E-state index contributed by atoms with van der Waals surface area (Å²) in [5.41, 5.74) is 8.16. The summed E-state index contributed by atoms with van der Waals surface area (Å²) in [6.45, 7) is 8.21. The second-order valence-corrected chi connectivity index (χ2v) is 5.47. The van der Waals surface area contributed by atoms with Gasteiger partial charge in [-0.25, -0.2) is 0 Å². The first-order valence-corrected chi connectivity index (χ1v) is 7.73. The number of aliphatic hydroxyl groups is 1. The molecule has 0 saturated carbocycles. The van der Waals surface area contributed by atoms with Crippen molar-refractivity contribution in [2.75, 3.05) is 52.5 Å². The lowest BCUT2D eigenvalue weighted by Gasteiger charge is -2.34. The van der Waals surface area contributed by atoms with E-state index in [2.05, 4.69) is 34.1 Å². The molecule has 1 saturated heterocycles. The molecule has 1 heterocycles. The van der Waals surface area contributed by atoms with E-state index < -0.39 is 0 Å². The molecule has 1 aromatic carbocycles. The molecule has 0 amide bonds. The molecular weight excluding hydrogens is 266 g/mol. The maximum absolute atomic E-state index is 8.66. The number of hydrogen-bond acceptors (Lipinski definition) is 5. The van der Waals surface area contributed by atoms with Gasteiger partial charge in [0.05, 0.1) is 19.8 Å². The van der Waals surface area contributed by atoms with Crippen molar-refractivity contribution >= 4 is 0 Å². The third-order valence-electron chi connectivity index (χ3n) is 3.92. The maximum atomic E-state index is 8.66. The number of hydrogen-bond donors (Lipinski definition) is 2. The van der Waals surface area contributed by atoms with Crippen molar-refractivity contribution in [3.8, 4) is 0 Å². The molecule has 5 nitrogen and oxygen atoms in total. The van der Waals surface area contributed by atoms with Gasteiger partial charge in [-0.2, -0.15) is 0 Å². The van der Waals surface area contributed by atoms with Crippen molar-refractivity contribution in [2.45, 2.75) is 13.1 Å². The van der Waals surface area contributed by atoms with Crippen LogP contribution in [0.4, 0.5) is 0 Å². The minimum atomic E-state index is 0.108. The quantitative estimate of drug-likeness (QED) is 0.674. The largest absolute Gasteiger partial charge is 0.394 e. The van der Waals surface area contributed by atoms with Crippen LogP contribution in [0.2, 0.25) is 0 Å². The molecule has 0 spiro atoms. The molecule has 0 radical (unpaired) electrons. The van der Waals surface area contributed by atoms with Gasteiger partial charge >= 0.3 is 0 Å². The summed E-state index contributed by atoms with van der Waals surface area (Å²) >= 11 is 0. The lowest BCUT2D eigenvalue weighted by atomic mass is 10.1. The van der Waals surface area contributed by atoms with E-state index in [1.165, 1.54) is 11.1 Å². The number of aliphatic hydroxyl groups excluding tert-OH is 1. The molecule has 21 heavy (non-hydrogen) atoms. The molecule has 5 heteroatoms. The standard InChI is InChI=1S/C16H27N3O2/c17-13-15-1-3-16(4-2-15)14-19-7-5-18(6-8-19)9-11-21-12-10-20/h1-4,20H,5-14,17H2. The van der Waals surface area contributed by atoms with Crippen LogP contribution >= 0.6 is 0 Å². The summed E-state index contributed by atoms with van der Waals surface area (Å²) in [5.74, 6) is 0. The van der Waals surface area contributed by atoms with Crippen LogP contribution in [-0.2, 0) is 17.8 Å². The van der Waals surface area contributed by atoms with Crippen molar-refractivity contribution in [3.63, 3.8) is 0 Å². The Balaban J connectivity index is 1.66. The first-order valence-electron chi connectivity index (χ1n) is 7.73. The Morgan fingerprint density at radius 2 is 1.57 bits per heavy atom. The zero-order valence-corrected chi connectivity index (χ0v) is 12.7. The number of piperazine rings is 1. The molecule has 118 valence electrons. The van der Waals surface area contributed by atoms with E-state index >= 15 is 0 Å². The Hall–Kier alpha value is -0.980. The van der Waals surface area contributed by atoms with Gasteiger partial charge in [0.15, 0.2) is 0 Å². The molecule has 2 rings (SSSR count). The summed E-state index contributed by atoms with van der Waals surface area (Å²) in [6.07, 6.45) is 0. The van der Waals surface area contributed by atoms with E-state index in [0.29, 0.717) is 19.8 Å². The third kappa shape index (κ3) is 5.73. The monoisotopic (exact) mass is 293 g/mol. The SMILES string of the molecule is NCc1ccc(CN2CCN(CCOCCO)CC2)cc1. The summed E-state index contributed by atoms with van der Waals surface area (Å²) in [4.78, 5) is 4.91. The highest BCUT2D eigenvalue weighted by atomic mass is 16.5. The molecule has 0 unspecified atom stereocenters. The smallest absolute Gasteiger partial charge is 0.0698 e. The Labute approximate surface area is 127 Å². The minimum absolute atomic E-state index is 0.108. The van der Waals surface area contributed by atoms with E-state index in [4.69, 9.17) is 15.6 Å². The Bertz CT molecular complexity index is 389. The van der Waals surface area contributed by atoms with Crippen LogP contribution in [0.5, 0.6) is 0 Å². The number of nitrogens with zero attached hydrogens (tertiary/aromatic N) is 2. The normalized spacial score (nSPS) is 17.2. The van der Waals surface area contributed by atoms with Gasteiger partial charge < -0.3 is 15.6 Å². The molecular formula is C16H27N3O2. The predicted molar refractivity (Wildman–Crippen MR) is 84.0 cm³/mol. The second-order valence-electron chi connectivity index (χ2n) is 5.47. The molecule has 1 aliphatic heterocycles. The van der Waals surface area contributed by atoms with Gasteiger partial charge in [-0.15, -0.1) is 0 Å². The van der Waals surface area contributed by atoms with Gasteiger partial charge in [-0.1, -0.05) is 24.3 Å². The van der Waals surface area contributed by atoms with E-state index in [1.54, 1.807) is 0 Å². The summed E-state index contributed by atoms with van der Waals surface area (Å²) < 4.78 is 5.31. The molecule has 0 aromatic heterocycles. The van der Waals surface area contributed by atoms with Crippen LogP contribution in [0.25, 0.3) is 0 Å². The number of nitrogens with two attached hydrogens (primary N) is 1. The van der Waals surface area contributed by atoms with Gasteiger partial charge in [-0.05, 0) is 11.1 Å². The van der Waals surface area contributed by atoms with Crippen molar-refractivity contribution in [3.05, 3.63) is 35.4 Å². The van der Waals surface area contributed by atoms with Crippen LogP contribution in [0.1, 0.15) is 11.1 Å². The van der Waals surface area contributed by atoms with Gasteiger partial charge in [0.1, 0.15) is 0 Å². The maximum Gasteiger partial charge on any atom is 0.0698 e. The Kier molecular flexibility index (Phi) is 7.12. The average Bonchev–Trinajstić information content (AvgIpc) is 2.54. The minimum Gasteiger partial charge on any atom is -0.394 e. The van der Waals surface area contributed by atoms with Gasteiger partial charge in [-0.3, -0.25) is 9.80 Å². The average molecular weight is 293 g/mol. The predicted octanol–water partition coefficient (Wildman–Crippen LogP) is 0.272. The van der Waals surface area contributed by atoms with Crippen LogP contribution in [0.15, 0.2) is 24.3 Å². The highest BCUT2D eigenvalue weighted by Crippen LogP contribution is 2.10. The lowest BCUT2D eigenvalue weighted by molar-refractivity contribution is 0.0564. The van der Waals surface area contributed by atoms with Crippen LogP contribution in [-0.4, -0.2) is 67.5 Å². The molecule has 0 atom stereocenters. The number of rotatable bonds is 8. The lowest BCUT2D eigenvalue weighted by Crippen LogP contribution is -2.46. The Morgan fingerprint density at radius 1 is 0.952 bits per heavy atom. The summed E-state index contributed by atoms with van der Waals surface area (Å²) in [5, 5.41) is 8.66. The summed E-state index contributed by atoms with van der Waals surface area (Å²) in [6, 6.07) is 8.59. The fraction of sp³-hybridized carbons (Fsp3) is 0.625. The van der Waals surface area contributed by atoms with Crippen molar-refractivity contribution in [1.29, 1.82) is 0 Å². The highest BCUT2D eigenvalue weighted by Gasteiger charge is 2.16. The van der Waals surface area contributed by atoms with E-state index in [0.717, 1.165) is 39.3 Å². The second kappa shape index (κ2) is 9.12. The molecule has 0 bridgehead atoms. The highest BCUT2D eigenvalue weighted by molar-refractivity contribution is 5.22.